The van der Waals surface area contributed by atoms with Gasteiger partial charge in [-0.3, -0.25) is 4.79 Å². The summed E-state index contributed by atoms with van der Waals surface area (Å²) in [7, 11) is 0. The average Bonchev–Trinajstić information content (AvgIpc) is 2.60. The van der Waals surface area contributed by atoms with Gasteiger partial charge in [-0.25, -0.2) is 0 Å². The molecule has 0 spiro atoms. The third kappa shape index (κ3) is 5.54. The minimum Gasteiger partial charge on any atom is -0.396 e. The summed E-state index contributed by atoms with van der Waals surface area (Å²) in [5, 5.41) is 21.2. The first-order valence-corrected chi connectivity index (χ1v) is 8.32. The van der Waals surface area contributed by atoms with Crippen LogP contribution in [0.1, 0.15) is 49.7 Å². The molecule has 4 heteroatoms. The number of hydrogen-bond donors (Lipinski definition) is 2. The fourth-order valence-electron chi connectivity index (χ4n) is 3.22. The Balaban J connectivity index is 1.95. The maximum Gasteiger partial charge on any atom is 0.244 e. The largest absolute Gasteiger partial charge is 0.396 e. The summed E-state index contributed by atoms with van der Waals surface area (Å²) >= 11 is 0. The van der Waals surface area contributed by atoms with Crippen LogP contribution < -0.4 is 5.32 Å². The van der Waals surface area contributed by atoms with Crippen LogP contribution in [0.15, 0.2) is 30.3 Å². The summed E-state index contributed by atoms with van der Waals surface area (Å²) in [6.07, 6.45) is 9.76. The first-order chi connectivity index (χ1) is 11.2. The zero-order chi connectivity index (χ0) is 16.5. The molecule has 0 saturated heterocycles. The standard InChI is InChI=1S/C19H24N2O2/c20-14-16-6-4-5-15(13-16)9-10-19(23)21-18(11-12-22)17-7-2-1-3-8-17/h4-6,9-10,13,17-18,22H,1-3,7-8,11-12H2,(H,21,23)/b10-9+. The number of rotatable bonds is 6. The molecule has 0 aromatic heterocycles. The number of aliphatic hydroxyl groups excluding tert-OH is 1. The molecular formula is C19H24N2O2. The Morgan fingerprint density at radius 3 is 2.87 bits per heavy atom. The number of nitrogens with zero attached hydrogens (tertiary/aromatic N) is 1. The van der Waals surface area contributed by atoms with Gasteiger partial charge in [0.15, 0.2) is 0 Å². The third-order valence-corrected chi connectivity index (χ3v) is 4.43. The van der Waals surface area contributed by atoms with E-state index < -0.39 is 0 Å². The van der Waals surface area contributed by atoms with Crippen LogP contribution in [0.25, 0.3) is 6.08 Å². The van der Waals surface area contributed by atoms with Crippen molar-refractivity contribution < 1.29 is 9.90 Å². The fourth-order valence-corrected chi connectivity index (χ4v) is 3.22. The van der Waals surface area contributed by atoms with Crippen molar-refractivity contribution >= 4 is 12.0 Å². The molecule has 0 aliphatic heterocycles. The molecule has 0 radical (unpaired) electrons. The van der Waals surface area contributed by atoms with Gasteiger partial charge < -0.3 is 10.4 Å². The second kappa shape index (κ2) is 9.12. The Hall–Kier alpha value is -2.12. The Bertz CT molecular complexity index is 583. The van der Waals surface area contributed by atoms with E-state index in [-0.39, 0.29) is 18.6 Å². The summed E-state index contributed by atoms with van der Waals surface area (Å²) in [5.41, 5.74) is 1.41. The highest BCUT2D eigenvalue weighted by Gasteiger charge is 2.24. The lowest BCUT2D eigenvalue weighted by Gasteiger charge is -2.30. The molecule has 1 aromatic carbocycles. The van der Waals surface area contributed by atoms with E-state index in [9.17, 15) is 9.90 Å². The molecular weight excluding hydrogens is 288 g/mol. The van der Waals surface area contributed by atoms with E-state index in [1.165, 1.54) is 25.3 Å². The number of benzene rings is 1. The van der Waals surface area contributed by atoms with E-state index in [1.807, 2.05) is 6.07 Å². The molecule has 1 saturated carbocycles. The molecule has 23 heavy (non-hydrogen) atoms. The molecule has 1 aliphatic carbocycles. The average molecular weight is 312 g/mol. The van der Waals surface area contributed by atoms with Crippen LogP contribution in [-0.4, -0.2) is 23.7 Å². The predicted molar refractivity (Wildman–Crippen MR) is 90.4 cm³/mol. The highest BCUT2D eigenvalue weighted by Crippen LogP contribution is 2.27. The Morgan fingerprint density at radius 2 is 2.17 bits per heavy atom. The summed E-state index contributed by atoms with van der Waals surface area (Å²) in [6.45, 7) is 0.0926. The van der Waals surface area contributed by atoms with Crippen LogP contribution in [0.5, 0.6) is 0 Å². The van der Waals surface area contributed by atoms with Gasteiger partial charge in [-0.05, 0) is 49.0 Å². The SMILES string of the molecule is N#Cc1cccc(/C=C/C(=O)NC(CCO)C2CCCCC2)c1. The molecule has 1 amide bonds. The molecule has 1 unspecified atom stereocenters. The maximum absolute atomic E-state index is 12.2. The number of aliphatic hydroxyl groups is 1. The van der Waals surface area contributed by atoms with E-state index in [0.717, 1.165) is 18.4 Å². The third-order valence-electron chi connectivity index (χ3n) is 4.43. The van der Waals surface area contributed by atoms with Crippen LogP contribution in [0.4, 0.5) is 0 Å². The molecule has 1 fully saturated rings. The predicted octanol–water partition coefficient (Wildman–Crippen LogP) is 3.02. The van der Waals surface area contributed by atoms with Gasteiger partial charge in [-0.15, -0.1) is 0 Å². The molecule has 1 atom stereocenters. The number of amides is 1. The van der Waals surface area contributed by atoms with E-state index in [4.69, 9.17) is 5.26 Å². The Labute approximate surface area is 137 Å². The van der Waals surface area contributed by atoms with Crippen LogP contribution in [0.3, 0.4) is 0 Å². The summed E-state index contributed by atoms with van der Waals surface area (Å²) < 4.78 is 0. The van der Waals surface area contributed by atoms with Crippen LogP contribution in [0.2, 0.25) is 0 Å². The number of nitriles is 1. The number of hydrogen-bond acceptors (Lipinski definition) is 3. The van der Waals surface area contributed by atoms with Crippen molar-refractivity contribution in [3.05, 3.63) is 41.5 Å². The first-order valence-electron chi connectivity index (χ1n) is 8.32. The topological polar surface area (TPSA) is 73.1 Å². The van der Waals surface area contributed by atoms with Crippen LogP contribution >= 0.6 is 0 Å². The minimum atomic E-state index is -0.142. The second-order valence-electron chi connectivity index (χ2n) is 6.10. The zero-order valence-corrected chi connectivity index (χ0v) is 13.4. The molecule has 2 N–H and O–H groups in total. The lowest BCUT2D eigenvalue weighted by Crippen LogP contribution is -2.41. The van der Waals surface area contributed by atoms with Crippen molar-refractivity contribution in [1.29, 1.82) is 5.26 Å². The van der Waals surface area contributed by atoms with Gasteiger partial charge in [-0.1, -0.05) is 31.4 Å². The number of nitrogens with one attached hydrogen (secondary N) is 1. The molecule has 0 heterocycles. The van der Waals surface area contributed by atoms with E-state index in [0.29, 0.717) is 17.9 Å². The van der Waals surface area contributed by atoms with Crippen molar-refractivity contribution in [3.8, 4) is 6.07 Å². The van der Waals surface area contributed by atoms with E-state index >= 15 is 0 Å². The van der Waals surface area contributed by atoms with Gasteiger partial charge >= 0.3 is 0 Å². The Kier molecular flexibility index (Phi) is 6.83. The summed E-state index contributed by atoms with van der Waals surface area (Å²) in [4.78, 5) is 12.2. The highest BCUT2D eigenvalue weighted by molar-refractivity contribution is 5.91. The van der Waals surface area contributed by atoms with E-state index in [1.54, 1.807) is 24.3 Å². The van der Waals surface area contributed by atoms with E-state index in [2.05, 4.69) is 11.4 Å². The van der Waals surface area contributed by atoms with Gasteiger partial charge in [0.25, 0.3) is 0 Å². The van der Waals surface area contributed by atoms with Crippen molar-refractivity contribution in [1.82, 2.24) is 5.32 Å². The molecule has 122 valence electrons. The zero-order valence-electron chi connectivity index (χ0n) is 13.4. The van der Waals surface area contributed by atoms with Crippen LogP contribution in [-0.2, 0) is 4.79 Å². The Morgan fingerprint density at radius 1 is 1.39 bits per heavy atom. The van der Waals surface area contributed by atoms with Crippen LogP contribution in [0, 0.1) is 17.2 Å². The van der Waals surface area contributed by atoms with Gasteiger partial charge in [0.05, 0.1) is 11.6 Å². The van der Waals surface area contributed by atoms with Crippen molar-refractivity contribution in [2.24, 2.45) is 5.92 Å². The highest BCUT2D eigenvalue weighted by atomic mass is 16.3. The van der Waals surface area contributed by atoms with Gasteiger partial charge in [0.1, 0.15) is 0 Å². The van der Waals surface area contributed by atoms with Crippen molar-refractivity contribution in [3.63, 3.8) is 0 Å². The number of carbonyl (C=O) groups excluding carboxylic acids is 1. The molecule has 1 aliphatic rings. The minimum absolute atomic E-state index is 0.0443. The monoisotopic (exact) mass is 312 g/mol. The van der Waals surface area contributed by atoms with Crippen molar-refractivity contribution in [2.75, 3.05) is 6.61 Å². The van der Waals surface area contributed by atoms with Gasteiger partial charge in [-0.2, -0.15) is 5.26 Å². The number of carbonyl (C=O) groups is 1. The molecule has 0 bridgehead atoms. The lowest BCUT2D eigenvalue weighted by molar-refractivity contribution is -0.117. The van der Waals surface area contributed by atoms with Gasteiger partial charge in [0, 0.05) is 18.7 Å². The lowest BCUT2D eigenvalue weighted by atomic mass is 9.82. The molecule has 4 nitrogen and oxygen atoms in total. The smallest absolute Gasteiger partial charge is 0.244 e. The second-order valence-corrected chi connectivity index (χ2v) is 6.10. The van der Waals surface area contributed by atoms with Crippen molar-refractivity contribution in [2.45, 2.75) is 44.6 Å². The molecule has 2 rings (SSSR count). The first kappa shape index (κ1) is 17.2. The quantitative estimate of drug-likeness (QED) is 0.793. The molecule has 1 aromatic rings. The van der Waals surface area contributed by atoms with Gasteiger partial charge in [0.2, 0.25) is 5.91 Å². The summed E-state index contributed by atoms with van der Waals surface area (Å²) in [6, 6.07) is 9.27. The maximum atomic E-state index is 12.2. The fraction of sp³-hybridized carbons (Fsp3) is 0.474. The summed E-state index contributed by atoms with van der Waals surface area (Å²) in [5.74, 6) is 0.326. The normalized spacial score (nSPS) is 16.9.